The molecule has 0 radical (unpaired) electrons. The quantitative estimate of drug-likeness (QED) is 0.630. The average Bonchev–Trinajstić information content (AvgIpc) is 3.01. The van der Waals surface area contributed by atoms with Crippen LogP contribution in [0.3, 0.4) is 0 Å². The molecule has 1 aliphatic carbocycles. The smallest absolute Gasteiger partial charge is 0.260 e. The summed E-state index contributed by atoms with van der Waals surface area (Å²) in [7, 11) is 0. The number of nitrogens with one attached hydrogen (secondary N) is 1. The second kappa shape index (κ2) is 6.92. The summed E-state index contributed by atoms with van der Waals surface area (Å²) in [5.41, 5.74) is 3.51. The predicted octanol–water partition coefficient (Wildman–Crippen LogP) is 4.50. The number of hydrogen-bond donors (Lipinski definition) is 2. The lowest BCUT2D eigenvalue weighted by atomic mass is 9.89. The van der Waals surface area contributed by atoms with Crippen LogP contribution in [0.5, 0.6) is 5.75 Å². The van der Waals surface area contributed by atoms with E-state index in [1.54, 1.807) is 17.4 Å². The minimum atomic E-state index is -0.175. The number of allylic oxidation sites excluding steroid dienone is 1. The molecular formula is C22H21N3O2S. The van der Waals surface area contributed by atoms with Crippen molar-refractivity contribution in [2.24, 2.45) is 5.92 Å². The minimum Gasteiger partial charge on any atom is -0.507 e. The van der Waals surface area contributed by atoms with Crippen LogP contribution in [0.4, 0.5) is 0 Å². The van der Waals surface area contributed by atoms with Gasteiger partial charge in [-0.25, -0.2) is 4.98 Å². The van der Waals surface area contributed by atoms with Gasteiger partial charge in [0.2, 0.25) is 0 Å². The maximum atomic E-state index is 12.8. The third-order valence-corrected chi connectivity index (χ3v) is 6.51. The fourth-order valence-electron chi connectivity index (χ4n) is 3.87. The van der Waals surface area contributed by atoms with Crippen LogP contribution >= 0.6 is 11.3 Å². The van der Waals surface area contributed by atoms with Gasteiger partial charge in [0.05, 0.1) is 11.0 Å². The number of H-pyrrole nitrogens is 1. The molecule has 28 heavy (non-hydrogen) atoms. The molecule has 2 aromatic heterocycles. The maximum Gasteiger partial charge on any atom is 0.260 e. The molecule has 0 bridgehead atoms. The van der Waals surface area contributed by atoms with Gasteiger partial charge in [0.15, 0.2) is 5.82 Å². The Bertz CT molecular complexity index is 1200. The maximum absolute atomic E-state index is 12.8. The molecule has 1 unspecified atom stereocenters. The summed E-state index contributed by atoms with van der Waals surface area (Å²) in [5.74, 6) is 1.16. The highest BCUT2D eigenvalue weighted by atomic mass is 32.1. The van der Waals surface area contributed by atoms with Crippen LogP contribution < -0.4 is 5.56 Å². The van der Waals surface area contributed by atoms with Crippen LogP contribution in [0.25, 0.3) is 21.9 Å². The topological polar surface area (TPSA) is 89.8 Å². The van der Waals surface area contributed by atoms with Gasteiger partial charge in [-0.05, 0) is 79.5 Å². The molecule has 6 heteroatoms. The van der Waals surface area contributed by atoms with E-state index in [1.165, 1.54) is 4.88 Å². The summed E-state index contributed by atoms with van der Waals surface area (Å²) >= 11 is 1.57. The number of aromatic hydroxyl groups is 1. The first-order chi connectivity index (χ1) is 13.4. The largest absolute Gasteiger partial charge is 0.507 e. The number of rotatable bonds is 2. The predicted molar refractivity (Wildman–Crippen MR) is 112 cm³/mol. The van der Waals surface area contributed by atoms with Gasteiger partial charge >= 0.3 is 0 Å². The average molecular weight is 391 g/mol. The molecule has 0 amide bonds. The number of phenolic OH excluding ortho intramolecular Hbond substituents is 1. The van der Waals surface area contributed by atoms with Crippen molar-refractivity contribution in [2.45, 2.75) is 40.0 Å². The number of hydrogen-bond acceptors (Lipinski definition) is 5. The number of aryl methyl sites for hydroxylation is 3. The van der Waals surface area contributed by atoms with Gasteiger partial charge in [-0.3, -0.25) is 4.79 Å². The van der Waals surface area contributed by atoms with Crippen molar-refractivity contribution in [1.29, 1.82) is 5.26 Å². The second-order valence-electron chi connectivity index (χ2n) is 7.62. The van der Waals surface area contributed by atoms with Crippen LogP contribution in [-0.4, -0.2) is 15.1 Å². The monoisotopic (exact) mass is 391 g/mol. The summed E-state index contributed by atoms with van der Waals surface area (Å²) in [6, 6.07) is 5.77. The van der Waals surface area contributed by atoms with E-state index in [9.17, 15) is 15.2 Å². The normalized spacial score (nSPS) is 16.8. The first kappa shape index (κ1) is 18.5. The number of thiophene rings is 1. The number of benzene rings is 1. The Labute approximate surface area is 167 Å². The Morgan fingerprint density at radius 1 is 1.39 bits per heavy atom. The molecule has 3 aromatic rings. The van der Waals surface area contributed by atoms with E-state index >= 15 is 0 Å². The van der Waals surface area contributed by atoms with E-state index in [2.05, 4.69) is 23.0 Å². The van der Waals surface area contributed by atoms with Crippen molar-refractivity contribution < 1.29 is 5.11 Å². The first-order valence-electron chi connectivity index (χ1n) is 9.34. The molecule has 1 atom stereocenters. The van der Waals surface area contributed by atoms with Crippen molar-refractivity contribution in [3.8, 4) is 11.8 Å². The highest BCUT2D eigenvalue weighted by Gasteiger charge is 2.23. The van der Waals surface area contributed by atoms with Crippen molar-refractivity contribution in [3.05, 3.63) is 55.4 Å². The summed E-state index contributed by atoms with van der Waals surface area (Å²) < 4.78 is 0. The molecular weight excluding hydrogens is 370 g/mol. The van der Waals surface area contributed by atoms with Gasteiger partial charge in [0.25, 0.3) is 5.56 Å². The zero-order chi connectivity index (χ0) is 20.0. The summed E-state index contributed by atoms with van der Waals surface area (Å²) in [6.07, 6.45) is 4.67. The molecule has 5 nitrogen and oxygen atoms in total. The van der Waals surface area contributed by atoms with Crippen LogP contribution in [0.1, 0.15) is 46.3 Å². The summed E-state index contributed by atoms with van der Waals surface area (Å²) in [6.45, 7) is 5.86. The van der Waals surface area contributed by atoms with Crippen molar-refractivity contribution in [1.82, 2.24) is 9.97 Å². The number of aromatic amines is 1. The van der Waals surface area contributed by atoms with Crippen LogP contribution in [-0.2, 0) is 12.8 Å². The molecule has 0 saturated heterocycles. The standard InChI is InChI=1S/C22H21N3O2S/c1-11-4-5-16-17(6-11)28-22-18(16)21(27)24-20(25-22)15(10-23)9-14-7-12(2)19(26)13(3)8-14/h7-9,11,26H,4-6H2,1-3H3,(H,24,25,27). The highest BCUT2D eigenvalue weighted by molar-refractivity contribution is 7.18. The van der Waals surface area contributed by atoms with E-state index < -0.39 is 0 Å². The molecule has 0 spiro atoms. The molecule has 2 heterocycles. The molecule has 0 aliphatic heterocycles. The molecule has 1 aliphatic rings. The van der Waals surface area contributed by atoms with Gasteiger partial charge < -0.3 is 10.1 Å². The van der Waals surface area contributed by atoms with Gasteiger partial charge in [0, 0.05) is 4.88 Å². The molecule has 1 aromatic carbocycles. The van der Waals surface area contributed by atoms with E-state index in [-0.39, 0.29) is 17.1 Å². The van der Waals surface area contributed by atoms with Crippen molar-refractivity contribution in [2.75, 3.05) is 0 Å². The number of fused-ring (bicyclic) bond motifs is 3. The SMILES string of the molecule is Cc1cc(C=C(C#N)c2nc3sc4c(c3c(=O)[nH]2)CCC(C)C4)cc(C)c1O. The van der Waals surface area contributed by atoms with E-state index in [1.807, 2.05) is 26.0 Å². The minimum absolute atomic E-state index is 0.175. The van der Waals surface area contributed by atoms with Gasteiger partial charge in [-0.2, -0.15) is 5.26 Å². The molecule has 0 fully saturated rings. The molecule has 142 valence electrons. The molecule has 0 saturated carbocycles. The number of nitriles is 1. The fourth-order valence-corrected chi connectivity index (χ4v) is 5.25. The van der Waals surface area contributed by atoms with Crippen LogP contribution in [0, 0.1) is 31.1 Å². The summed E-state index contributed by atoms with van der Waals surface area (Å²) in [5, 5.41) is 20.3. The Balaban J connectivity index is 1.84. The van der Waals surface area contributed by atoms with Gasteiger partial charge in [-0.1, -0.05) is 6.92 Å². The third kappa shape index (κ3) is 3.12. The number of aromatic nitrogens is 2. The third-order valence-electron chi connectivity index (χ3n) is 5.37. The summed E-state index contributed by atoms with van der Waals surface area (Å²) in [4.78, 5) is 22.2. The Kier molecular flexibility index (Phi) is 4.56. The second-order valence-corrected chi connectivity index (χ2v) is 8.70. The molecule has 4 rings (SSSR count). The Hall–Kier alpha value is -2.91. The van der Waals surface area contributed by atoms with Crippen molar-refractivity contribution >= 4 is 33.2 Å². The lowest BCUT2D eigenvalue weighted by molar-refractivity contribution is 0.467. The number of phenols is 1. The highest BCUT2D eigenvalue weighted by Crippen LogP contribution is 2.36. The fraction of sp³-hybridized carbons (Fsp3) is 0.318. The van der Waals surface area contributed by atoms with Gasteiger partial charge in [0.1, 0.15) is 16.6 Å². The van der Waals surface area contributed by atoms with E-state index in [0.717, 1.165) is 41.5 Å². The van der Waals surface area contributed by atoms with Gasteiger partial charge in [-0.15, -0.1) is 11.3 Å². The van der Waals surface area contributed by atoms with Crippen LogP contribution in [0.2, 0.25) is 0 Å². The van der Waals surface area contributed by atoms with E-state index in [4.69, 9.17) is 0 Å². The lowest BCUT2D eigenvalue weighted by Gasteiger charge is -2.17. The first-order valence-corrected chi connectivity index (χ1v) is 10.2. The zero-order valence-corrected chi connectivity index (χ0v) is 16.9. The van der Waals surface area contributed by atoms with E-state index in [0.29, 0.717) is 21.7 Å². The van der Waals surface area contributed by atoms with Crippen molar-refractivity contribution in [3.63, 3.8) is 0 Å². The lowest BCUT2D eigenvalue weighted by Crippen LogP contribution is -2.14. The Morgan fingerprint density at radius 3 is 2.79 bits per heavy atom. The number of nitrogens with zero attached hydrogens (tertiary/aromatic N) is 2. The molecule has 2 N–H and O–H groups in total. The Morgan fingerprint density at radius 2 is 2.11 bits per heavy atom. The zero-order valence-electron chi connectivity index (χ0n) is 16.1. The van der Waals surface area contributed by atoms with Crippen LogP contribution in [0.15, 0.2) is 16.9 Å².